The van der Waals surface area contributed by atoms with Gasteiger partial charge in [-0.25, -0.2) is 4.79 Å². The van der Waals surface area contributed by atoms with E-state index in [0.717, 1.165) is 0 Å². The predicted octanol–water partition coefficient (Wildman–Crippen LogP) is 0.0172. The lowest BCUT2D eigenvalue weighted by atomic mass is 10.2. The number of aliphatic carboxylic acids is 1. The van der Waals surface area contributed by atoms with Crippen LogP contribution in [0.15, 0.2) is 0 Å². The molecule has 7 nitrogen and oxygen atoms in total. The van der Waals surface area contributed by atoms with Crippen LogP contribution in [-0.2, 0) is 9.59 Å². The quantitative estimate of drug-likeness (QED) is 0.561. The Morgan fingerprint density at radius 3 is 2.33 bits per heavy atom. The molecule has 104 valence electrons. The van der Waals surface area contributed by atoms with Gasteiger partial charge in [0.1, 0.15) is 6.04 Å². The summed E-state index contributed by atoms with van der Waals surface area (Å²) in [6.07, 6.45) is 1.20. The molecule has 3 N–H and O–H groups in total. The lowest BCUT2D eigenvalue weighted by Gasteiger charge is -2.18. The van der Waals surface area contributed by atoms with Crippen molar-refractivity contribution in [3.63, 3.8) is 0 Å². The van der Waals surface area contributed by atoms with E-state index in [9.17, 15) is 14.4 Å². The van der Waals surface area contributed by atoms with E-state index in [1.54, 1.807) is 21.0 Å². The molecule has 3 amide bonds. The lowest BCUT2D eigenvalue weighted by molar-refractivity contribution is -0.137. The zero-order valence-corrected chi connectivity index (χ0v) is 11.0. The van der Waals surface area contributed by atoms with E-state index in [1.807, 2.05) is 0 Å². The van der Waals surface area contributed by atoms with E-state index in [2.05, 4.69) is 10.6 Å². The first-order valence-electron chi connectivity index (χ1n) is 5.82. The molecule has 0 aliphatic carbocycles. The van der Waals surface area contributed by atoms with E-state index >= 15 is 0 Å². The summed E-state index contributed by atoms with van der Waals surface area (Å²) in [6, 6.07) is -1.01. The Labute approximate surface area is 107 Å². The van der Waals surface area contributed by atoms with E-state index < -0.39 is 18.0 Å². The molecule has 1 unspecified atom stereocenters. The van der Waals surface area contributed by atoms with Crippen molar-refractivity contribution in [2.75, 3.05) is 20.6 Å². The Balaban J connectivity index is 3.71. The maximum absolute atomic E-state index is 11.4. The normalized spacial score (nSPS) is 11.5. The van der Waals surface area contributed by atoms with Crippen molar-refractivity contribution in [3.8, 4) is 0 Å². The molecule has 0 aromatic rings. The number of amides is 3. The predicted molar refractivity (Wildman–Crippen MR) is 66.2 cm³/mol. The molecule has 0 fully saturated rings. The maximum Gasteiger partial charge on any atom is 0.315 e. The Morgan fingerprint density at radius 2 is 1.83 bits per heavy atom. The summed E-state index contributed by atoms with van der Waals surface area (Å²) in [4.78, 5) is 34.5. The van der Waals surface area contributed by atoms with E-state index in [-0.39, 0.29) is 12.3 Å². The second-order valence-electron chi connectivity index (χ2n) is 4.21. The number of carbonyl (C=O) groups excluding carboxylic acids is 2. The smallest absolute Gasteiger partial charge is 0.315 e. The summed E-state index contributed by atoms with van der Waals surface area (Å²) < 4.78 is 0. The van der Waals surface area contributed by atoms with Crippen LogP contribution in [0, 0.1) is 0 Å². The largest absolute Gasteiger partial charge is 0.481 e. The van der Waals surface area contributed by atoms with Gasteiger partial charge in [-0.3, -0.25) is 9.59 Å². The fraction of sp³-hybridized carbons (Fsp3) is 0.727. The molecular formula is C11H21N3O4. The number of hydrogen-bond donors (Lipinski definition) is 3. The number of urea groups is 1. The Morgan fingerprint density at radius 1 is 1.22 bits per heavy atom. The number of likely N-dealkylation sites (N-methyl/N-ethyl adjacent to an activating group) is 1. The molecule has 0 aromatic heterocycles. The van der Waals surface area contributed by atoms with Gasteiger partial charge < -0.3 is 20.6 Å². The third-order valence-corrected chi connectivity index (χ3v) is 2.26. The SMILES string of the molecule is CC(NC(=O)NCCCCC(=O)O)C(=O)N(C)C. The number of unbranched alkanes of at least 4 members (excludes halogenated alkanes) is 1. The molecule has 0 aliphatic heterocycles. The summed E-state index contributed by atoms with van der Waals surface area (Å²) in [5, 5.41) is 13.5. The first-order chi connectivity index (χ1) is 8.34. The first kappa shape index (κ1) is 16.2. The average molecular weight is 259 g/mol. The fourth-order valence-corrected chi connectivity index (χ4v) is 1.30. The summed E-state index contributed by atoms with van der Waals surface area (Å²) in [5.74, 6) is -1.03. The summed E-state index contributed by atoms with van der Waals surface area (Å²) >= 11 is 0. The maximum atomic E-state index is 11.4. The van der Waals surface area contributed by atoms with Gasteiger partial charge in [0.15, 0.2) is 0 Å². The van der Waals surface area contributed by atoms with Gasteiger partial charge in [0.2, 0.25) is 5.91 Å². The summed E-state index contributed by atoms with van der Waals surface area (Å²) in [6.45, 7) is 1.99. The van der Waals surface area contributed by atoms with Crippen LogP contribution in [0.3, 0.4) is 0 Å². The van der Waals surface area contributed by atoms with Gasteiger partial charge in [-0.1, -0.05) is 0 Å². The van der Waals surface area contributed by atoms with E-state index in [0.29, 0.717) is 19.4 Å². The van der Waals surface area contributed by atoms with Crippen molar-refractivity contribution in [2.24, 2.45) is 0 Å². The molecule has 0 saturated carbocycles. The topological polar surface area (TPSA) is 98.7 Å². The third kappa shape index (κ3) is 7.48. The Kier molecular flexibility index (Phi) is 7.50. The second kappa shape index (κ2) is 8.32. The molecule has 0 spiro atoms. The number of nitrogens with one attached hydrogen (secondary N) is 2. The summed E-state index contributed by atoms with van der Waals surface area (Å²) in [7, 11) is 3.23. The number of carbonyl (C=O) groups is 3. The molecule has 7 heteroatoms. The minimum absolute atomic E-state index is 0.0960. The van der Waals surface area contributed by atoms with Crippen LogP contribution in [0.5, 0.6) is 0 Å². The van der Waals surface area contributed by atoms with Gasteiger partial charge in [0.05, 0.1) is 0 Å². The van der Waals surface area contributed by atoms with Crippen LogP contribution >= 0.6 is 0 Å². The van der Waals surface area contributed by atoms with Crippen molar-refractivity contribution in [1.82, 2.24) is 15.5 Å². The van der Waals surface area contributed by atoms with Crippen LogP contribution in [0.25, 0.3) is 0 Å². The molecule has 0 radical (unpaired) electrons. The standard InChI is InChI=1S/C11H21N3O4/c1-8(10(17)14(2)3)13-11(18)12-7-5-4-6-9(15)16/h8H,4-7H2,1-3H3,(H,15,16)(H2,12,13,18). The van der Waals surface area contributed by atoms with Gasteiger partial charge in [-0.2, -0.15) is 0 Å². The summed E-state index contributed by atoms with van der Waals surface area (Å²) in [5.41, 5.74) is 0. The highest BCUT2D eigenvalue weighted by Gasteiger charge is 2.16. The van der Waals surface area contributed by atoms with Gasteiger partial charge in [0, 0.05) is 27.1 Å². The molecule has 0 heterocycles. The number of carboxylic acids is 1. The van der Waals surface area contributed by atoms with Crippen molar-refractivity contribution >= 4 is 17.9 Å². The van der Waals surface area contributed by atoms with Crippen molar-refractivity contribution in [3.05, 3.63) is 0 Å². The number of hydrogen-bond acceptors (Lipinski definition) is 3. The average Bonchev–Trinajstić information content (AvgIpc) is 2.26. The molecule has 18 heavy (non-hydrogen) atoms. The van der Waals surface area contributed by atoms with Gasteiger partial charge in [-0.05, 0) is 19.8 Å². The van der Waals surface area contributed by atoms with Crippen LogP contribution in [0.4, 0.5) is 4.79 Å². The van der Waals surface area contributed by atoms with Crippen LogP contribution in [0.2, 0.25) is 0 Å². The Hall–Kier alpha value is -1.79. The molecule has 0 bridgehead atoms. The minimum atomic E-state index is -0.843. The highest BCUT2D eigenvalue weighted by molar-refractivity contribution is 5.86. The first-order valence-corrected chi connectivity index (χ1v) is 5.82. The highest BCUT2D eigenvalue weighted by Crippen LogP contribution is 1.93. The van der Waals surface area contributed by atoms with Gasteiger partial charge in [0.25, 0.3) is 0 Å². The minimum Gasteiger partial charge on any atom is -0.481 e. The second-order valence-corrected chi connectivity index (χ2v) is 4.21. The van der Waals surface area contributed by atoms with Crippen molar-refractivity contribution in [1.29, 1.82) is 0 Å². The van der Waals surface area contributed by atoms with Gasteiger partial charge in [-0.15, -0.1) is 0 Å². The highest BCUT2D eigenvalue weighted by atomic mass is 16.4. The van der Waals surface area contributed by atoms with Crippen LogP contribution in [0.1, 0.15) is 26.2 Å². The number of rotatable bonds is 7. The molecule has 0 rings (SSSR count). The molecule has 1 atom stereocenters. The molecule has 0 aromatic carbocycles. The van der Waals surface area contributed by atoms with Crippen LogP contribution in [-0.4, -0.2) is 54.6 Å². The van der Waals surface area contributed by atoms with E-state index in [4.69, 9.17) is 5.11 Å². The molecule has 0 aliphatic rings. The molecular weight excluding hydrogens is 238 g/mol. The third-order valence-electron chi connectivity index (χ3n) is 2.26. The van der Waals surface area contributed by atoms with Crippen LogP contribution < -0.4 is 10.6 Å². The van der Waals surface area contributed by atoms with E-state index in [1.165, 1.54) is 4.90 Å². The van der Waals surface area contributed by atoms with Crippen molar-refractivity contribution in [2.45, 2.75) is 32.2 Å². The fourth-order valence-electron chi connectivity index (χ4n) is 1.30. The monoisotopic (exact) mass is 259 g/mol. The van der Waals surface area contributed by atoms with Crippen molar-refractivity contribution < 1.29 is 19.5 Å². The lowest BCUT2D eigenvalue weighted by Crippen LogP contribution is -2.48. The number of carboxylic acid groups (broad SMARTS) is 1. The zero-order chi connectivity index (χ0) is 14.1. The Bertz CT molecular complexity index is 305. The zero-order valence-electron chi connectivity index (χ0n) is 11.0. The molecule has 0 saturated heterocycles. The van der Waals surface area contributed by atoms with Gasteiger partial charge >= 0.3 is 12.0 Å². The number of nitrogens with zero attached hydrogens (tertiary/aromatic N) is 1.